The van der Waals surface area contributed by atoms with E-state index in [9.17, 15) is 4.79 Å². The smallest absolute Gasteiger partial charge is 0.223 e. The van der Waals surface area contributed by atoms with Crippen LogP contribution < -0.4 is 5.32 Å². The van der Waals surface area contributed by atoms with Crippen molar-refractivity contribution < 1.29 is 4.79 Å². The largest absolute Gasteiger partial charge is 0.345 e. The molecule has 94 valence electrons. The van der Waals surface area contributed by atoms with Crippen LogP contribution in [0.4, 0.5) is 0 Å². The number of likely N-dealkylation sites (N-methyl/N-ethyl adjacent to an activating group) is 1. The molecule has 1 N–H and O–H groups in total. The summed E-state index contributed by atoms with van der Waals surface area (Å²) in [5, 5.41) is 2.99. The maximum atomic E-state index is 11.7. The highest BCUT2D eigenvalue weighted by molar-refractivity contribution is 5.76. The van der Waals surface area contributed by atoms with E-state index in [-0.39, 0.29) is 5.91 Å². The molecule has 0 saturated carbocycles. The summed E-state index contributed by atoms with van der Waals surface area (Å²) < 4.78 is 0. The van der Waals surface area contributed by atoms with Gasteiger partial charge in [0.1, 0.15) is 0 Å². The Kier molecular flexibility index (Phi) is 5.70. The Morgan fingerprint density at radius 3 is 2.71 bits per heavy atom. The van der Waals surface area contributed by atoms with Gasteiger partial charge in [0.2, 0.25) is 5.91 Å². The fourth-order valence-corrected chi connectivity index (χ4v) is 1.73. The molecule has 3 heteroatoms. The third-order valence-electron chi connectivity index (χ3n) is 2.99. The first kappa shape index (κ1) is 13.7. The summed E-state index contributed by atoms with van der Waals surface area (Å²) in [5.41, 5.74) is 2.62. The quantitative estimate of drug-likeness (QED) is 0.811. The Balaban J connectivity index is 2.40. The topological polar surface area (TPSA) is 32.3 Å². The van der Waals surface area contributed by atoms with Crippen LogP contribution in [0, 0.1) is 6.92 Å². The number of nitrogens with zero attached hydrogens (tertiary/aromatic N) is 1. The van der Waals surface area contributed by atoms with Crippen molar-refractivity contribution in [3.8, 4) is 0 Å². The van der Waals surface area contributed by atoms with Crippen molar-refractivity contribution in [2.24, 2.45) is 0 Å². The normalized spacial score (nSPS) is 10.3. The lowest BCUT2D eigenvalue weighted by Crippen LogP contribution is -2.30. The molecule has 0 bridgehead atoms. The number of hydrogen-bond donors (Lipinski definition) is 1. The van der Waals surface area contributed by atoms with E-state index in [0.717, 1.165) is 19.5 Å². The fourth-order valence-electron chi connectivity index (χ4n) is 1.73. The molecule has 0 radical (unpaired) electrons. The monoisotopic (exact) mass is 234 g/mol. The average Bonchev–Trinajstić information content (AvgIpc) is 2.34. The van der Waals surface area contributed by atoms with E-state index in [1.165, 1.54) is 11.1 Å². The minimum absolute atomic E-state index is 0.202. The molecule has 1 amide bonds. The minimum Gasteiger partial charge on any atom is -0.345 e. The third kappa shape index (κ3) is 4.57. The number of carbonyl (C=O) groups excluding carboxylic acids is 1. The molecule has 0 aliphatic heterocycles. The van der Waals surface area contributed by atoms with Crippen LogP contribution in [0.3, 0.4) is 0 Å². The third-order valence-corrected chi connectivity index (χ3v) is 2.99. The lowest BCUT2D eigenvalue weighted by atomic mass is 10.1. The number of nitrogens with one attached hydrogen (secondary N) is 1. The molecule has 0 fully saturated rings. The molecule has 3 nitrogen and oxygen atoms in total. The van der Waals surface area contributed by atoms with E-state index in [2.05, 4.69) is 24.4 Å². The summed E-state index contributed by atoms with van der Waals surface area (Å²) in [4.78, 5) is 13.5. The first-order valence-corrected chi connectivity index (χ1v) is 6.08. The number of benzene rings is 1. The second-order valence-electron chi connectivity index (χ2n) is 4.35. The molecule has 0 aliphatic rings. The molecule has 0 aliphatic carbocycles. The van der Waals surface area contributed by atoms with Crippen LogP contribution in [0.5, 0.6) is 0 Å². The van der Waals surface area contributed by atoms with Crippen LogP contribution >= 0.6 is 0 Å². The molecule has 17 heavy (non-hydrogen) atoms. The summed E-state index contributed by atoms with van der Waals surface area (Å²) in [6.45, 7) is 3.64. The van der Waals surface area contributed by atoms with Crippen molar-refractivity contribution in [3.05, 3.63) is 35.4 Å². The van der Waals surface area contributed by atoms with Crippen LogP contribution in [-0.4, -0.2) is 38.0 Å². The molecular weight excluding hydrogens is 212 g/mol. The van der Waals surface area contributed by atoms with Crippen molar-refractivity contribution in [1.29, 1.82) is 0 Å². The van der Waals surface area contributed by atoms with Gasteiger partial charge < -0.3 is 10.2 Å². The maximum absolute atomic E-state index is 11.7. The van der Waals surface area contributed by atoms with E-state index in [0.29, 0.717) is 6.42 Å². The number of aryl methyl sites for hydroxylation is 1. The molecule has 0 saturated heterocycles. The molecule has 1 rings (SSSR count). The highest BCUT2D eigenvalue weighted by Gasteiger charge is 2.08. The second-order valence-corrected chi connectivity index (χ2v) is 4.35. The average molecular weight is 234 g/mol. The lowest BCUT2D eigenvalue weighted by molar-refractivity contribution is -0.129. The maximum Gasteiger partial charge on any atom is 0.223 e. The van der Waals surface area contributed by atoms with Gasteiger partial charge in [0.05, 0.1) is 0 Å². The molecule has 0 heterocycles. The van der Waals surface area contributed by atoms with E-state index in [1.54, 1.807) is 0 Å². The van der Waals surface area contributed by atoms with Crippen LogP contribution in [0.1, 0.15) is 17.5 Å². The molecule has 0 aromatic heterocycles. The predicted octanol–water partition coefficient (Wildman–Crippen LogP) is 1.61. The molecular formula is C14H22N2O. The first-order valence-electron chi connectivity index (χ1n) is 6.08. The minimum atomic E-state index is 0.202. The molecule has 0 spiro atoms. The fraction of sp³-hybridized carbons (Fsp3) is 0.500. The Morgan fingerprint density at radius 1 is 1.35 bits per heavy atom. The predicted molar refractivity (Wildman–Crippen MR) is 71.1 cm³/mol. The SMILES string of the molecule is CNCCC(=O)N(C)CCc1ccccc1C. The van der Waals surface area contributed by atoms with Gasteiger partial charge in [0.15, 0.2) is 0 Å². The Labute approximate surface area is 104 Å². The second kappa shape index (κ2) is 7.07. The van der Waals surface area contributed by atoms with Gasteiger partial charge >= 0.3 is 0 Å². The molecule has 0 unspecified atom stereocenters. The Morgan fingerprint density at radius 2 is 2.06 bits per heavy atom. The number of carbonyl (C=O) groups is 1. The Hall–Kier alpha value is -1.35. The van der Waals surface area contributed by atoms with E-state index >= 15 is 0 Å². The number of amides is 1. The summed E-state index contributed by atoms with van der Waals surface area (Å²) in [5.74, 6) is 0.202. The number of rotatable bonds is 6. The summed E-state index contributed by atoms with van der Waals surface area (Å²) in [7, 11) is 3.73. The van der Waals surface area contributed by atoms with Gasteiger partial charge in [-0.05, 0) is 31.5 Å². The molecule has 1 aromatic carbocycles. The van der Waals surface area contributed by atoms with Gasteiger partial charge in [0.25, 0.3) is 0 Å². The van der Waals surface area contributed by atoms with Crippen LogP contribution in [-0.2, 0) is 11.2 Å². The number of hydrogen-bond acceptors (Lipinski definition) is 2. The van der Waals surface area contributed by atoms with Gasteiger partial charge in [-0.25, -0.2) is 0 Å². The van der Waals surface area contributed by atoms with Crippen molar-refractivity contribution in [3.63, 3.8) is 0 Å². The van der Waals surface area contributed by atoms with Gasteiger partial charge in [-0.15, -0.1) is 0 Å². The standard InChI is InChI=1S/C14H22N2O/c1-12-6-4-5-7-13(12)9-11-16(3)14(17)8-10-15-2/h4-7,15H,8-11H2,1-3H3. The van der Waals surface area contributed by atoms with Crippen molar-refractivity contribution in [1.82, 2.24) is 10.2 Å². The van der Waals surface area contributed by atoms with Crippen LogP contribution in [0.15, 0.2) is 24.3 Å². The van der Waals surface area contributed by atoms with Gasteiger partial charge in [-0.2, -0.15) is 0 Å². The summed E-state index contributed by atoms with van der Waals surface area (Å²) >= 11 is 0. The lowest BCUT2D eigenvalue weighted by Gasteiger charge is -2.17. The van der Waals surface area contributed by atoms with E-state index in [1.807, 2.05) is 31.1 Å². The van der Waals surface area contributed by atoms with E-state index < -0.39 is 0 Å². The first-order chi connectivity index (χ1) is 8.15. The van der Waals surface area contributed by atoms with E-state index in [4.69, 9.17) is 0 Å². The summed E-state index contributed by atoms with van der Waals surface area (Å²) in [6, 6.07) is 8.32. The zero-order chi connectivity index (χ0) is 12.7. The van der Waals surface area contributed by atoms with Crippen molar-refractivity contribution in [2.45, 2.75) is 19.8 Å². The van der Waals surface area contributed by atoms with Crippen molar-refractivity contribution >= 4 is 5.91 Å². The highest BCUT2D eigenvalue weighted by Crippen LogP contribution is 2.08. The van der Waals surface area contributed by atoms with Gasteiger partial charge in [0, 0.05) is 26.6 Å². The highest BCUT2D eigenvalue weighted by atomic mass is 16.2. The van der Waals surface area contributed by atoms with Crippen LogP contribution in [0.2, 0.25) is 0 Å². The Bertz CT molecular complexity index is 363. The zero-order valence-electron chi connectivity index (χ0n) is 11.0. The van der Waals surface area contributed by atoms with Crippen molar-refractivity contribution in [2.75, 3.05) is 27.2 Å². The molecule has 0 atom stereocenters. The van der Waals surface area contributed by atoms with Crippen LogP contribution in [0.25, 0.3) is 0 Å². The molecule has 1 aromatic rings. The van der Waals surface area contributed by atoms with Gasteiger partial charge in [-0.3, -0.25) is 4.79 Å². The van der Waals surface area contributed by atoms with Gasteiger partial charge in [-0.1, -0.05) is 24.3 Å². The zero-order valence-corrected chi connectivity index (χ0v) is 11.0. The summed E-state index contributed by atoms with van der Waals surface area (Å²) in [6.07, 6.45) is 1.50.